The molecule has 1 aromatic carbocycles. The van der Waals surface area contributed by atoms with Crippen LogP contribution < -0.4 is 9.08 Å². The molecule has 23 heavy (non-hydrogen) atoms. The van der Waals surface area contributed by atoms with Crippen molar-refractivity contribution in [3.63, 3.8) is 0 Å². The molecule has 1 saturated carbocycles. The molecule has 2 N–H and O–H groups in total. The molecule has 1 aliphatic rings. The highest BCUT2D eigenvalue weighted by Crippen LogP contribution is 2.46. The molecule has 2 rings (SSSR count). The van der Waals surface area contributed by atoms with E-state index in [2.05, 4.69) is 33.9 Å². The van der Waals surface area contributed by atoms with E-state index < -0.39 is 21.5 Å². The molecule has 0 radical (unpaired) electrons. The molecule has 0 bridgehead atoms. The first-order chi connectivity index (χ1) is 10.5. The van der Waals surface area contributed by atoms with Crippen LogP contribution in [0.2, 0.25) is 18.1 Å². The summed E-state index contributed by atoms with van der Waals surface area (Å²) in [5.74, 6) is -0.319. The van der Waals surface area contributed by atoms with E-state index in [1.54, 1.807) is 6.07 Å². The van der Waals surface area contributed by atoms with Crippen LogP contribution in [0.4, 0.5) is 4.39 Å². The predicted octanol–water partition coefficient (Wildman–Crippen LogP) is 3.83. The molecule has 1 aliphatic carbocycles. The van der Waals surface area contributed by atoms with Crippen LogP contribution in [0, 0.1) is 5.82 Å². The highest BCUT2D eigenvalue weighted by atomic mass is 28.4. The maximum absolute atomic E-state index is 14.9. The van der Waals surface area contributed by atoms with Crippen molar-refractivity contribution in [3.05, 3.63) is 23.5 Å². The molecular weight excluding hydrogens is 314 g/mol. The van der Waals surface area contributed by atoms with Crippen LogP contribution in [-0.2, 0) is 0 Å². The highest BCUT2D eigenvalue weighted by Gasteiger charge is 2.41. The lowest BCUT2D eigenvalue weighted by Crippen LogP contribution is -2.44. The minimum Gasteiger partial charge on any atom is -0.541 e. The second-order valence-electron chi connectivity index (χ2n) is 7.73. The summed E-state index contributed by atoms with van der Waals surface area (Å²) in [6.07, 6.45) is 3.19. The first kappa shape index (κ1) is 18.3. The first-order valence-electron chi connectivity index (χ1n) is 8.07. The molecule has 0 amide bonds. The van der Waals surface area contributed by atoms with Gasteiger partial charge in [-0.1, -0.05) is 33.3 Å². The van der Waals surface area contributed by atoms with Crippen molar-refractivity contribution in [2.45, 2.75) is 64.1 Å². The van der Waals surface area contributed by atoms with Crippen molar-refractivity contribution in [3.8, 4) is 11.5 Å². The largest absolute Gasteiger partial charge is 0.707 e. The van der Waals surface area contributed by atoms with E-state index in [0.717, 1.165) is 24.8 Å². The van der Waals surface area contributed by atoms with E-state index in [1.807, 2.05) is 0 Å². The van der Waals surface area contributed by atoms with Crippen LogP contribution in [0.5, 0.6) is 11.5 Å². The second kappa shape index (κ2) is 6.45. The van der Waals surface area contributed by atoms with Crippen molar-refractivity contribution in [1.29, 1.82) is 0 Å². The maximum atomic E-state index is 14.9. The van der Waals surface area contributed by atoms with Crippen LogP contribution in [-0.4, -0.2) is 25.7 Å². The van der Waals surface area contributed by atoms with E-state index in [-0.39, 0.29) is 16.5 Å². The topological polar surface area (TPSA) is 58.9 Å². The summed E-state index contributed by atoms with van der Waals surface area (Å²) in [4.78, 5) is 0. The Bertz CT molecular complexity index is 568. The molecule has 0 saturated heterocycles. The third-order valence-corrected chi connectivity index (χ3v) is 9.36. The van der Waals surface area contributed by atoms with Gasteiger partial charge in [-0.3, -0.25) is 0 Å². The average Bonchev–Trinajstić information content (AvgIpc) is 2.33. The number of benzene rings is 1. The molecule has 7 heteroatoms. The number of hydrogen-bond donors (Lipinski definition) is 2. The van der Waals surface area contributed by atoms with Crippen molar-refractivity contribution in [1.82, 2.24) is 0 Å². The van der Waals surface area contributed by atoms with Gasteiger partial charge in [0.2, 0.25) is 5.82 Å². The Labute approximate surface area is 138 Å². The quantitative estimate of drug-likeness (QED) is 0.800. The van der Waals surface area contributed by atoms with Gasteiger partial charge in [-0.2, -0.15) is 4.39 Å². The predicted molar refractivity (Wildman–Crippen MR) is 91.6 cm³/mol. The van der Waals surface area contributed by atoms with Crippen molar-refractivity contribution in [2.24, 2.45) is 0 Å². The lowest BCUT2D eigenvalue weighted by molar-refractivity contribution is 0.279. The Morgan fingerprint density at radius 2 is 1.83 bits per heavy atom. The van der Waals surface area contributed by atoms with Gasteiger partial charge in [-0.05, 0) is 48.5 Å². The average molecular weight is 340 g/mol. The van der Waals surface area contributed by atoms with Gasteiger partial charge in [-0.15, -0.1) is 0 Å². The second-order valence-corrected chi connectivity index (χ2v) is 12.5. The lowest BCUT2D eigenvalue weighted by atomic mass is 9.79. The van der Waals surface area contributed by atoms with E-state index in [0.29, 0.717) is 5.92 Å². The summed E-state index contributed by atoms with van der Waals surface area (Å²) in [6.45, 7) is 10.4. The summed E-state index contributed by atoms with van der Waals surface area (Å²) >= 11 is 0. The number of rotatable bonds is 5. The minimum atomic E-state index is -2.23. The molecule has 128 valence electrons. The van der Waals surface area contributed by atoms with Crippen LogP contribution in [0.15, 0.2) is 12.1 Å². The zero-order valence-electron chi connectivity index (χ0n) is 14.5. The molecular formula is C16H26BFO4Si. The molecule has 0 aliphatic heterocycles. The summed E-state index contributed by atoms with van der Waals surface area (Å²) in [5, 5.41) is 17.8. The SMILES string of the molecule is CC(C)(C)[Si](C)(C)Oc1c(C2CCC2)ccc(OB(O)O)c1F. The monoisotopic (exact) mass is 340 g/mol. The Hall–Kier alpha value is -1.05. The Balaban J connectivity index is 2.44. The highest BCUT2D eigenvalue weighted by molar-refractivity contribution is 6.74. The lowest BCUT2D eigenvalue weighted by Gasteiger charge is -2.38. The molecule has 4 nitrogen and oxygen atoms in total. The molecule has 0 unspecified atom stereocenters. The standard InChI is InChI=1S/C16H26BFO4Si/c1-16(2,3)23(4,5)22-15-12(11-7-6-8-11)9-10-13(14(15)18)21-17(19)20/h9-11,19-20H,6-8H2,1-5H3. The molecule has 0 spiro atoms. The van der Waals surface area contributed by atoms with Crippen LogP contribution in [0.25, 0.3) is 0 Å². The van der Waals surface area contributed by atoms with Gasteiger partial charge in [-0.25, -0.2) is 0 Å². The third-order valence-electron chi connectivity index (χ3n) is 5.03. The van der Waals surface area contributed by atoms with Crippen molar-refractivity contribution in [2.75, 3.05) is 0 Å². The zero-order valence-corrected chi connectivity index (χ0v) is 15.5. The van der Waals surface area contributed by atoms with Gasteiger partial charge in [0, 0.05) is 0 Å². The summed E-state index contributed by atoms with van der Waals surface area (Å²) in [6, 6.07) is 3.23. The fraction of sp³-hybridized carbons (Fsp3) is 0.625. The molecule has 1 fully saturated rings. The smallest absolute Gasteiger partial charge is 0.541 e. The van der Waals surface area contributed by atoms with Gasteiger partial charge >= 0.3 is 7.32 Å². The molecule has 0 aromatic heterocycles. The Kier molecular flexibility index (Phi) is 5.13. The van der Waals surface area contributed by atoms with Gasteiger partial charge in [0.15, 0.2) is 0 Å². The molecule has 1 aromatic rings. The van der Waals surface area contributed by atoms with Gasteiger partial charge in [0.1, 0.15) is 11.5 Å². The normalized spacial score (nSPS) is 16.0. The Morgan fingerprint density at radius 1 is 1.22 bits per heavy atom. The first-order valence-corrected chi connectivity index (χ1v) is 11.0. The van der Waals surface area contributed by atoms with Gasteiger partial charge in [0.25, 0.3) is 8.32 Å². The van der Waals surface area contributed by atoms with E-state index in [9.17, 15) is 4.39 Å². The number of halogens is 1. The fourth-order valence-electron chi connectivity index (χ4n) is 2.31. The van der Waals surface area contributed by atoms with E-state index >= 15 is 0 Å². The summed E-state index contributed by atoms with van der Waals surface area (Å²) in [5.41, 5.74) is 0.860. The van der Waals surface area contributed by atoms with E-state index in [4.69, 9.17) is 19.1 Å². The molecule has 0 atom stereocenters. The van der Waals surface area contributed by atoms with Gasteiger partial charge in [0.05, 0.1) is 0 Å². The Morgan fingerprint density at radius 3 is 2.26 bits per heavy atom. The minimum absolute atomic E-state index is 0.0658. The number of hydrogen-bond acceptors (Lipinski definition) is 4. The van der Waals surface area contributed by atoms with Crippen LogP contribution in [0.1, 0.15) is 51.5 Å². The van der Waals surface area contributed by atoms with E-state index in [1.165, 1.54) is 6.07 Å². The van der Waals surface area contributed by atoms with Crippen molar-refractivity contribution >= 4 is 15.6 Å². The van der Waals surface area contributed by atoms with Crippen LogP contribution in [0.3, 0.4) is 0 Å². The van der Waals surface area contributed by atoms with Crippen molar-refractivity contribution < 1.29 is 23.5 Å². The summed E-state index contributed by atoms with van der Waals surface area (Å²) in [7, 11) is -4.28. The van der Waals surface area contributed by atoms with Gasteiger partial charge < -0.3 is 19.1 Å². The third kappa shape index (κ3) is 3.90. The zero-order chi connectivity index (χ0) is 17.4. The fourth-order valence-corrected chi connectivity index (χ4v) is 3.33. The maximum Gasteiger partial charge on any atom is 0.707 e. The summed E-state index contributed by atoms with van der Waals surface area (Å²) < 4.78 is 25.9. The molecule has 0 heterocycles. The van der Waals surface area contributed by atoms with Crippen LogP contribution >= 0.6 is 0 Å².